The van der Waals surface area contributed by atoms with E-state index in [2.05, 4.69) is 133 Å². The van der Waals surface area contributed by atoms with Gasteiger partial charge in [0.2, 0.25) is 5.90 Å². The Morgan fingerprint density at radius 1 is 0.796 bits per heavy atom. The predicted octanol–water partition coefficient (Wildman–Crippen LogP) is 11.0. The summed E-state index contributed by atoms with van der Waals surface area (Å²) in [5.74, 6) is 4.74. The molecule has 248 valence electrons. The van der Waals surface area contributed by atoms with Crippen LogP contribution >= 0.6 is 0 Å². The molecule has 1 atom stereocenters. The van der Waals surface area contributed by atoms with Crippen molar-refractivity contribution in [2.45, 2.75) is 66.8 Å². The summed E-state index contributed by atoms with van der Waals surface area (Å²) in [5.41, 5.74) is 10.2. The summed E-state index contributed by atoms with van der Waals surface area (Å²) in [4.78, 5) is 10.1. The normalized spacial score (nSPS) is 16.5. The van der Waals surface area contributed by atoms with E-state index < -0.39 is 0 Å². The van der Waals surface area contributed by atoms with Crippen LogP contribution in [0.4, 0.5) is 0 Å². The fourth-order valence-corrected chi connectivity index (χ4v) is 8.55. The maximum atomic E-state index is 6.88. The van der Waals surface area contributed by atoms with Gasteiger partial charge in [-0.3, -0.25) is 4.57 Å². The zero-order chi connectivity index (χ0) is 34.2. The molecule has 0 N–H and O–H groups in total. The molecule has 5 heteroatoms. The second-order valence-electron chi connectivity index (χ2n) is 15.3. The van der Waals surface area contributed by atoms with E-state index in [9.17, 15) is 0 Å². The van der Waals surface area contributed by atoms with Crippen molar-refractivity contribution in [2.75, 3.05) is 6.61 Å². The van der Waals surface area contributed by atoms with Crippen LogP contribution in [0.15, 0.2) is 96.1 Å². The Kier molecular flexibility index (Phi) is 7.44. The molecular weight excluding hydrogens is 603 g/mol. The zero-order valence-corrected chi connectivity index (χ0v) is 29.8. The van der Waals surface area contributed by atoms with Crippen LogP contribution in [0.25, 0.3) is 38.8 Å². The van der Waals surface area contributed by atoms with Gasteiger partial charge in [-0.2, -0.15) is 0 Å². The van der Waals surface area contributed by atoms with Crippen LogP contribution in [-0.4, -0.2) is 28.1 Å². The van der Waals surface area contributed by atoms with Gasteiger partial charge in [0.15, 0.2) is 0 Å². The molecule has 0 amide bonds. The lowest BCUT2D eigenvalue weighted by Gasteiger charge is -2.34. The van der Waals surface area contributed by atoms with Gasteiger partial charge in [-0.25, -0.2) is 9.98 Å². The minimum atomic E-state index is -0.171. The largest absolute Gasteiger partial charge is 0.475 e. The first-order valence-electron chi connectivity index (χ1n) is 17.7. The summed E-state index contributed by atoms with van der Waals surface area (Å²) < 4.78 is 15.6. The monoisotopic (exact) mass is 647 g/mol. The fraction of sp³-hybridized carbons (Fsp3) is 0.318. The zero-order valence-electron chi connectivity index (χ0n) is 29.8. The molecule has 0 saturated heterocycles. The van der Waals surface area contributed by atoms with Crippen molar-refractivity contribution in [3.63, 3.8) is 0 Å². The highest BCUT2D eigenvalue weighted by Gasteiger charge is 2.36. The van der Waals surface area contributed by atoms with E-state index in [0.29, 0.717) is 30.3 Å². The SMILES string of the molecule is Cc1cc2c3c(c1)c1cc(C)c(Oc4cc(C5=N[C@H](C(C(C)C)C(C)C)CO5)cc(-c5ccccc5)c4)cc1n3-c1ncccc1C2(C)C. The van der Waals surface area contributed by atoms with Crippen molar-refractivity contribution in [3.05, 3.63) is 119 Å². The quantitative estimate of drug-likeness (QED) is 0.173. The summed E-state index contributed by atoms with van der Waals surface area (Å²) >= 11 is 0. The third-order valence-electron chi connectivity index (χ3n) is 10.8. The smallest absolute Gasteiger partial charge is 0.216 e. The first-order chi connectivity index (χ1) is 23.5. The minimum Gasteiger partial charge on any atom is -0.475 e. The Labute approximate surface area is 289 Å². The number of pyridine rings is 1. The van der Waals surface area contributed by atoms with E-state index >= 15 is 0 Å². The summed E-state index contributed by atoms with van der Waals surface area (Å²) in [6.07, 6.45) is 1.90. The molecule has 5 nitrogen and oxygen atoms in total. The van der Waals surface area contributed by atoms with Crippen LogP contribution in [0, 0.1) is 31.6 Å². The van der Waals surface area contributed by atoms with Gasteiger partial charge in [0.25, 0.3) is 0 Å². The molecule has 4 heterocycles. The van der Waals surface area contributed by atoms with Crippen LogP contribution in [0.5, 0.6) is 11.5 Å². The average Bonchev–Trinajstić information content (AvgIpc) is 3.67. The standard InChI is InChI=1S/C44H45N3O2/c1-25(2)40(26(3)4)37-24-48-43(46-37)31-20-30(29-13-10-9-11-14-29)21-32(22-31)49-39-23-38-33(19-28(39)6)34-17-27(5)18-36-41(34)47(38)42-35(44(36,7)8)15-12-16-45-42/h9-23,25-26,37,40H,24H2,1-8H3/t37-/m0/s1. The number of nitrogens with zero attached hydrogens (tertiary/aromatic N) is 3. The van der Waals surface area contributed by atoms with Gasteiger partial charge in [-0.05, 0) is 90.3 Å². The number of ether oxygens (including phenoxy) is 2. The first-order valence-corrected chi connectivity index (χ1v) is 17.7. The lowest BCUT2D eigenvalue weighted by molar-refractivity contribution is 0.198. The molecule has 2 aliphatic heterocycles. The highest BCUT2D eigenvalue weighted by Crippen LogP contribution is 2.48. The van der Waals surface area contributed by atoms with Crippen molar-refractivity contribution in [3.8, 4) is 28.4 Å². The van der Waals surface area contributed by atoms with E-state index in [1.54, 1.807) is 0 Å². The van der Waals surface area contributed by atoms with E-state index in [1.165, 1.54) is 33.0 Å². The van der Waals surface area contributed by atoms with E-state index in [1.807, 2.05) is 18.3 Å². The van der Waals surface area contributed by atoms with E-state index in [4.69, 9.17) is 19.5 Å². The molecule has 0 radical (unpaired) electrons. The molecule has 0 saturated carbocycles. The molecule has 0 spiro atoms. The number of hydrogen-bond donors (Lipinski definition) is 0. The second-order valence-corrected chi connectivity index (χ2v) is 15.3. The van der Waals surface area contributed by atoms with Crippen LogP contribution in [-0.2, 0) is 10.2 Å². The fourth-order valence-electron chi connectivity index (χ4n) is 8.55. The molecule has 0 bridgehead atoms. The Hall–Kier alpha value is -4.90. The van der Waals surface area contributed by atoms with Crippen molar-refractivity contribution in [1.82, 2.24) is 9.55 Å². The van der Waals surface area contributed by atoms with Gasteiger partial charge in [-0.15, -0.1) is 0 Å². The average molecular weight is 648 g/mol. The van der Waals surface area contributed by atoms with Gasteiger partial charge in [0.1, 0.15) is 23.9 Å². The van der Waals surface area contributed by atoms with Crippen molar-refractivity contribution in [1.29, 1.82) is 0 Å². The summed E-state index contributed by atoms with van der Waals surface area (Å²) in [6.45, 7) is 18.7. The Balaban J connectivity index is 1.28. The van der Waals surface area contributed by atoms with Gasteiger partial charge < -0.3 is 9.47 Å². The molecular formula is C44H45N3O2. The number of aryl methyl sites for hydroxylation is 2. The molecule has 0 aliphatic carbocycles. The van der Waals surface area contributed by atoms with Gasteiger partial charge in [0, 0.05) is 39.6 Å². The van der Waals surface area contributed by atoms with Gasteiger partial charge >= 0.3 is 0 Å². The number of benzene rings is 4. The summed E-state index contributed by atoms with van der Waals surface area (Å²) in [7, 11) is 0. The second kappa shape index (κ2) is 11.6. The number of aliphatic imine (C=N–C) groups is 1. The summed E-state index contributed by atoms with van der Waals surface area (Å²) in [5, 5.41) is 2.46. The summed E-state index contributed by atoms with van der Waals surface area (Å²) in [6, 6.07) is 30.4. The van der Waals surface area contributed by atoms with E-state index in [0.717, 1.165) is 45.1 Å². The van der Waals surface area contributed by atoms with Gasteiger partial charge in [-0.1, -0.05) is 89.6 Å². The van der Waals surface area contributed by atoms with Gasteiger partial charge in [0.05, 0.1) is 17.1 Å². The molecule has 0 fully saturated rings. The number of aromatic nitrogens is 2. The minimum absolute atomic E-state index is 0.139. The maximum absolute atomic E-state index is 6.88. The highest BCUT2D eigenvalue weighted by molar-refractivity contribution is 6.12. The predicted molar refractivity (Wildman–Crippen MR) is 202 cm³/mol. The van der Waals surface area contributed by atoms with Crippen molar-refractivity contribution in [2.24, 2.45) is 22.7 Å². The Morgan fingerprint density at radius 3 is 2.31 bits per heavy atom. The van der Waals surface area contributed by atoms with Crippen molar-refractivity contribution >= 4 is 27.7 Å². The molecule has 6 aromatic rings. The molecule has 8 rings (SSSR count). The molecule has 4 aromatic carbocycles. The number of rotatable bonds is 7. The van der Waals surface area contributed by atoms with Crippen LogP contribution in [0.2, 0.25) is 0 Å². The third kappa shape index (κ3) is 5.13. The molecule has 49 heavy (non-hydrogen) atoms. The first kappa shape index (κ1) is 31.4. The van der Waals surface area contributed by atoms with Crippen molar-refractivity contribution < 1.29 is 9.47 Å². The van der Waals surface area contributed by atoms with E-state index in [-0.39, 0.29) is 11.5 Å². The molecule has 2 aromatic heterocycles. The Bertz CT molecular complexity index is 2270. The molecule has 2 aliphatic rings. The van der Waals surface area contributed by atoms with Crippen LogP contribution in [0.1, 0.15) is 69.4 Å². The number of hydrogen-bond acceptors (Lipinski definition) is 4. The van der Waals surface area contributed by atoms with Crippen LogP contribution < -0.4 is 4.74 Å². The Morgan fingerprint density at radius 2 is 1.55 bits per heavy atom. The third-order valence-corrected chi connectivity index (χ3v) is 10.8. The van der Waals surface area contributed by atoms with Crippen LogP contribution in [0.3, 0.4) is 0 Å². The number of fused-ring (bicyclic) bond motifs is 5. The lowest BCUT2D eigenvalue weighted by atomic mass is 9.75. The molecule has 0 unspecified atom stereocenters. The highest BCUT2D eigenvalue weighted by atomic mass is 16.5. The maximum Gasteiger partial charge on any atom is 0.216 e. The lowest BCUT2D eigenvalue weighted by Crippen LogP contribution is -2.29. The topological polar surface area (TPSA) is 48.6 Å².